The molecule has 46 heavy (non-hydrogen) atoms. The monoisotopic (exact) mass is 619 g/mol. The summed E-state index contributed by atoms with van der Waals surface area (Å²) in [7, 11) is 0. The van der Waals surface area contributed by atoms with Gasteiger partial charge >= 0.3 is 6.01 Å². The second-order valence-electron chi connectivity index (χ2n) is 12.1. The largest absolute Gasteiger partial charge is 0.463 e. The molecule has 238 valence electrons. The zero-order valence-corrected chi connectivity index (χ0v) is 26.2. The van der Waals surface area contributed by atoms with Gasteiger partial charge in [-0.05, 0) is 36.4 Å². The Balaban J connectivity index is 1.17. The number of morpholine rings is 1. The van der Waals surface area contributed by atoms with Gasteiger partial charge < -0.3 is 29.3 Å². The zero-order valence-electron chi connectivity index (χ0n) is 26.2. The van der Waals surface area contributed by atoms with Crippen molar-refractivity contribution >= 4 is 22.3 Å². The summed E-state index contributed by atoms with van der Waals surface area (Å²) in [5.74, 6) is 2.57. The first-order valence-corrected chi connectivity index (χ1v) is 16.4. The highest BCUT2D eigenvalue weighted by molar-refractivity contribution is 5.96. The van der Waals surface area contributed by atoms with Crippen LogP contribution in [-0.4, -0.2) is 86.5 Å². The quantitative estimate of drug-likeness (QED) is 0.250. The second kappa shape index (κ2) is 14.3. The number of piperazine rings is 1. The Labute approximate surface area is 270 Å². The molecule has 1 atom stereocenters. The summed E-state index contributed by atoms with van der Waals surface area (Å²) in [5.41, 5.74) is 3.29. The van der Waals surface area contributed by atoms with Gasteiger partial charge in [0.05, 0.1) is 44.5 Å². The molecule has 2 fully saturated rings. The van der Waals surface area contributed by atoms with E-state index < -0.39 is 0 Å². The molecule has 3 aliphatic rings. The van der Waals surface area contributed by atoms with Crippen molar-refractivity contribution in [2.24, 2.45) is 0 Å². The third kappa shape index (κ3) is 7.02. The average molecular weight is 620 g/mol. The lowest BCUT2D eigenvalue weighted by atomic mass is 10.0. The minimum absolute atomic E-state index is 0.112. The SMILES string of the molecule is N#CCC1CN(c2nc(OCCCN3CCOCC3)nc3c2CCN(c2cc(Oc4ccccc4)cc4ccccc24)C3)CCN1. The van der Waals surface area contributed by atoms with Gasteiger partial charge in [0, 0.05) is 74.6 Å². The summed E-state index contributed by atoms with van der Waals surface area (Å²) in [6.07, 6.45) is 2.18. The number of nitriles is 1. The van der Waals surface area contributed by atoms with Crippen LogP contribution in [0, 0.1) is 11.3 Å². The van der Waals surface area contributed by atoms with Crippen LogP contribution in [0.3, 0.4) is 0 Å². The summed E-state index contributed by atoms with van der Waals surface area (Å²) in [6, 6.07) is 25.5. The zero-order chi connectivity index (χ0) is 31.1. The van der Waals surface area contributed by atoms with E-state index in [0.717, 1.165) is 106 Å². The molecule has 10 nitrogen and oxygen atoms in total. The maximum Gasteiger partial charge on any atom is 0.318 e. The molecule has 1 N–H and O–H groups in total. The van der Waals surface area contributed by atoms with E-state index >= 15 is 0 Å². The summed E-state index contributed by atoms with van der Waals surface area (Å²) >= 11 is 0. The van der Waals surface area contributed by atoms with E-state index in [9.17, 15) is 5.26 Å². The molecule has 3 aromatic carbocycles. The molecule has 0 spiro atoms. The van der Waals surface area contributed by atoms with E-state index in [2.05, 4.69) is 62.5 Å². The topological polar surface area (TPSA) is 99.0 Å². The standard InChI is InChI=1S/C36H41N7O3/c37-13-11-28-25-43(17-14-38-28)35-32-12-16-42(26-33(32)39-36(40-35)45-20-6-15-41-18-21-44-22-19-41)34-24-30(46-29-8-2-1-3-9-29)23-27-7-4-5-10-31(27)34/h1-5,7-10,23-24,28,38H,6,11-12,14-22,25-26H2. The van der Waals surface area contributed by atoms with E-state index in [0.29, 0.717) is 25.6 Å². The first kappa shape index (κ1) is 30.2. The van der Waals surface area contributed by atoms with Gasteiger partial charge in [0.25, 0.3) is 0 Å². The van der Waals surface area contributed by atoms with Crippen molar-refractivity contribution in [1.29, 1.82) is 5.26 Å². The van der Waals surface area contributed by atoms with Crippen LogP contribution in [0.5, 0.6) is 17.5 Å². The fourth-order valence-electron chi connectivity index (χ4n) is 6.67. The number of rotatable bonds is 10. The van der Waals surface area contributed by atoms with Gasteiger partial charge in [0.15, 0.2) is 0 Å². The van der Waals surface area contributed by atoms with E-state index in [-0.39, 0.29) is 6.04 Å². The molecule has 4 heterocycles. The smallest absolute Gasteiger partial charge is 0.318 e. The molecule has 0 bridgehead atoms. The van der Waals surface area contributed by atoms with Crippen LogP contribution in [0.1, 0.15) is 24.1 Å². The number of hydrogen-bond donors (Lipinski definition) is 1. The highest BCUT2D eigenvalue weighted by Crippen LogP contribution is 2.38. The summed E-state index contributed by atoms with van der Waals surface area (Å²) < 4.78 is 18.1. The lowest BCUT2D eigenvalue weighted by molar-refractivity contribution is 0.0356. The van der Waals surface area contributed by atoms with Crippen molar-refractivity contribution in [2.75, 3.05) is 75.4 Å². The van der Waals surface area contributed by atoms with Gasteiger partial charge in [-0.3, -0.25) is 4.90 Å². The van der Waals surface area contributed by atoms with E-state index in [1.165, 1.54) is 10.9 Å². The second-order valence-corrected chi connectivity index (χ2v) is 12.1. The molecule has 7 rings (SSSR count). The number of nitrogens with zero attached hydrogens (tertiary/aromatic N) is 6. The molecule has 4 aromatic rings. The minimum atomic E-state index is 0.112. The lowest BCUT2D eigenvalue weighted by Crippen LogP contribution is -2.51. The molecule has 10 heteroatoms. The van der Waals surface area contributed by atoms with Crippen molar-refractivity contribution < 1.29 is 14.2 Å². The Bertz CT molecular complexity index is 1670. The minimum Gasteiger partial charge on any atom is -0.463 e. The van der Waals surface area contributed by atoms with Gasteiger partial charge in [-0.25, -0.2) is 0 Å². The fraction of sp³-hybridized carbons (Fsp3) is 0.417. The maximum atomic E-state index is 9.36. The highest BCUT2D eigenvalue weighted by Gasteiger charge is 2.29. The van der Waals surface area contributed by atoms with E-state index in [4.69, 9.17) is 24.2 Å². The van der Waals surface area contributed by atoms with Crippen molar-refractivity contribution in [1.82, 2.24) is 20.2 Å². The van der Waals surface area contributed by atoms with Gasteiger partial charge in [0.1, 0.15) is 17.3 Å². The Morgan fingerprint density at radius 3 is 2.65 bits per heavy atom. The molecule has 0 amide bonds. The van der Waals surface area contributed by atoms with Gasteiger partial charge in [-0.2, -0.15) is 15.2 Å². The molecular weight excluding hydrogens is 578 g/mol. The first-order chi connectivity index (χ1) is 22.7. The van der Waals surface area contributed by atoms with Crippen LogP contribution in [0.2, 0.25) is 0 Å². The average Bonchev–Trinajstić information content (AvgIpc) is 3.10. The normalized spacial score (nSPS) is 18.6. The van der Waals surface area contributed by atoms with Crippen LogP contribution < -0.4 is 24.6 Å². The number of fused-ring (bicyclic) bond motifs is 2. The predicted octanol–water partition coefficient (Wildman–Crippen LogP) is 4.78. The van der Waals surface area contributed by atoms with Gasteiger partial charge in [-0.1, -0.05) is 42.5 Å². The Hall–Kier alpha value is -4.43. The summed E-state index contributed by atoms with van der Waals surface area (Å²) in [6.45, 7) is 8.90. The molecule has 2 saturated heterocycles. The molecule has 0 aliphatic carbocycles. The lowest BCUT2D eigenvalue weighted by Gasteiger charge is -2.37. The Morgan fingerprint density at radius 1 is 0.935 bits per heavy atom. The van der Waals surface area contributed by atoms with Crippen molar-refractivity contribution in [3.63, 3.8) is 0 Å². The van der Waals surface area contributed by atoms with Crippen LogP contribution in [0.25, 0.3) is 10.8 Å². The third-order valence-corrected chi connectivity index (χ3v) is 9.00. The number of benzene rings is 3. The van der Waals surface area contributed by atoms with E-state index in [1.54, 1.807) is 0 Å². The van der Waals surface area contributed by atoms with Crippen molar-refractivity contribution in [3.05, 3.63) is 78.0 Å². The molecule has 0 radical (unpaired) electrons. The van der Waals surface area contributed by atoms with Crippen molar-refractivity contribution in [3.8, 4) is 23.6 Å². The van der Waals surface area contributed by atoms with E-state index in [1.807, 2.05) is 30.3 Å². The molecule has 0 saturated carbocycles. The number of ether oxygens (including phenoxy) is 3. The number of anilines is 2. The van der Waals surface area contributed by atoms with Gasteiger partial charge in [-0.15, -0.1) is 0 Å². The third-order valence-electron chi connectivity index (χ3n) is 9.00. The summed E-state index contributed by atoms with van der Waals surface area (Å²) in [4.78, 5) is 17.2. The molecule has 1 unspecified atom stereocenters. The van der Waals surface area contributed by atoms with Crippen LogP contribution >= 0.6 is 0 Å². The van der Waals surface area contributed by atoms with Crippen molar-refractivity contribution in [2.45, 2.75) is 31.8 Å². The molecule has 3 aliphatic heterocycles. The Morgan fingerprint density at radius 2 is 1.78 bits per heavy atom. The first-order valence-electron chi connectivity index (χ1n) is 16.4. The van der Waals surface area contributed by atoms with Crippen LogP contribution in [0.4, 0.5) is 11.5 Å². The fourth-order valence-corrected chi connectivity index (χ4v) is 6.67. The summed E-state index contributed by atoms with van der Waals surface area (Å²) in [5, 5.41) is 15.2. The number of aromatic nitrogens is 2. The molecular formula is C36H41N7O3. The number of hydrogen-bond acceptors (Lipinski definition) is 10. The number of para-hydroxylation sites is 1. The molecule has 1 aromatic heterocycles. The highest BCUT2D eigenvalue weighted by atomic mass is 16.5. The maximum absolute atomic E-state index is 9.36. The van der Waals surface area contributed by atoms with Crippen LogP contribution in [0.15, 0.2) is 66.7 Å². The number of nitrogens with one attached hydrogen (secondary N) is 1. The predicted molar refractivity (Wildman–Crippen MR) is 179 cm³/mol. The van der Waals surface area contributed by atoms with Gasteiger partial charge in [0.2, 0.25) is 0 Å². The Kier molecular flexibility index (Phi) is 9.42. The van der Waals surface area contributed by atoms with Crippen LogP contribution in [-0.2, 0) is 17.7 Å².